The molecule has 1 aliphatic carbocycles. The highest BCUT2D eigenvalue weighted by Crippen LogP contribution is 2.49. The lowest BCUT2D eigenvalue weighted by molar-refractivity contribution is -0.148. The van der Waals surface area contributed by atoms with Crippen LogP contribution in [0.4, 0.5) is 0 Å². The molecule has 0 N–H and O–H groups in total. The van der Waals surface area contributed by atoms with Crippen LogP contribution in [0.5, 0.6) is 0 Å². The largest absolute Gasteiger partial charge is 0.350 e. The Morgan fingerprint density at radius 3 is 2.83 bits per heavy atom. The lowest BCUT2D eigenvalue weighted by Gasteiger charge is -2.43. The van der Waals surface area contributed by atoms with Gasteiger partial charge in [0.05, 0.1) is 5.52 Å². The molecule has 2 aromatic rings. The number of carbonyl (C=O) groups is 2. The molecule has 3 saturated heterocycles. The summed E-state index contributed by atoms with van der Waals surface area (Å²) in [6.45, 7) is 1.47. The zero-order valence-corrected chi connectivity index (χ0v) is 17.0. The molecule has 6 heteroatoms. The van der Waals surface area contributed by atoms with Crippen LogP contribution in [-0.2, 0) is 16.6 Å². The van der Waals surface area contributed by atoms with Gasteiger partial charge in [-0.3, -0.25) is 14.6 Å². The molecule has 152 valence electrons. The number of nitrogens with zero attached hydrogens (tertiary/aromatic N) is 4. The van der Waals surface area contributed by atoms with E-state index >= 15 is 0 Å². The molecule has 3 aliphatic heterocycles. The van der Waals surface area contributed by atoms with Crippen molar-refractivity contribution in [3.63, 3.8) is 0 Å². The van der Waals surface area contributed by atoms with Gasteiger partial charge in [0.25, 0.3) is 0 Å². The molecule has 4 aliphatic rings. The molecule has 6 nitrogen and oxygen atoms in total. The molecule has 2 amide bonds. The third-order valence-electron chi connectivity index (χ3n) is 7.89. The maximum absolute atomic E-state index is 13.3. The fourth-order valence-electron chi connectivity index (χ4n) is 6.12. The van der Waals surface area contributed by atoms with Crippen molar-refractivity contribution in [3.05, 3.63) is 30.2 Å². The van der Waals surface area contributed by atoms with Crippen molar-refractivity contribution in [2.75, 3.05) is 13.1 Å². The minimum Gasteiger partial charge on any atom is -0.350 e. The van der Waals surface area contributed by atoms with Gasteiger partial charge in [-0.1, -0.05) is 0 Å². The second kappa shape index (κ2) is 6.31. The van der Waals surface area contributed by atoms with Gasteiger partial charge in [0.1, 0.15) is 6.04 Å². The molecule has 1 saturated carbocycles. The number of pyridine rings is 1. The third kappa shape index (κ3) is 2.71. The quantitative estimate of drug-likeness (QED) is 0.790. The summed E-state index contributed by atoms with van der Waals surface area (Å²) in [5, 5.41) is 1.15. The Kier molecular flexibility index (Phi) is 3.81. The maximum atomic E-state index is 13.3. The molecular formula is C23H28N4O2. The van der Waals surface area contributed by atoms with Gasteiger partial charge in [0, 0.05) is 68.1 Å². The van der Waals surface area contributed by atoms with Crippen molar-refractivity contribution < 1.29 is 9.59 Å². The van der Waals surface area contributed by atoms with E-state index in [9.17, 15) is 9.59 Å². The Balaban J connectivity index is 1.17. The molecule has 6 rings (SSSR count). The molecule has 29 heavy (non-hydrogen) atoms. The number of amides is 2. The van der Waals surface area contributed by atoms with Gasteiger partial charge in [-0.15, -0.1) is 0 Å². The third-order valence-corrected chi connectivity index (χ3v) is 7.89. The van der Waals surface area contributed by atoms with E-state index in [0.717, 1.165) is 56.0 Å². The highest BCUT2D eigenvalue weighted by Gasteiger charge is 2.49. The topological polar surface area (TPSA) is 58.4 Å². The number of aromatic nitrogens is 2. The van der Waals surface area contributed by atoms with E-state index in [1.165, 1.54) is 17.5 Å². The highest BCUT2D eigenvalue weighted by molar-refractivity contribution is 5.90. The Labute approximate surface area is 170 Å². The SMILES string of the molecule is Cn1ccc2cncc(C3CN(C(=O)[C@@H]4CC[C@@H]5C[C@H]6C[C@@H]6CCC(=O)N54)C3)c21. The van der Waals surface area contributed by atoms with E-state index in [0.29, 0.717) is 18.4 Å². The molecule has 0 aromatic carbocycles. The number of likely N-dealkylation sites (tertiary alicyclic amines) is 1. The van der Waals surface area contributed by atoms with Crippen molar-refractivity contribution >= 4 is 22.7 Å². The maximum Gasteiger partial charge on any atom is 0.245 e. The van der Waals surface area contributed by atoms with Crippen LogP contribution in [0.15, 0.2) is 24.7 Å². The number of rotatable bonds is 2. The summed E-state index contributed by atoms with van der Waals surface area (Å²) >= 11 is 0. The summed E-state index contributed by atoms with van der Waals surface area (Å²) in [5.41, 5.74) is 2.45. The van der Waals surface area contributed by atoms with Gasteiger partial charge in [-0.2, -0.15) is 0 Å². The zero-order chi connectivity index (χ0) is 19.7. The molecule has 0 unspecified atom stereocenters. The van der Waals surface area contributed by atoms with Crippen LogP contribution >= 0.6 is 0 Å². The van der Waals surface area contributed by atoms with E-state index in [2.05, 4.69) is 28.9 Å². The summed E-state index contributed by atoms with van der Waals surface area (Å²) < 4.78 is 2.14. The molecule has 0 radical (unpaired) electrons. The minimum atomic E-state index is -0.229. The van der Waals surface area contributed by atoms with Gasteiger partial charge >= 0.3 is 0 Å². The number of carbonyl (C=O) groups excluding carboxylic acids is 2. The van der Waals surface area contributed by atoms with Gasteiger partial charge in [-0.05, 0) is 50.0 Å². The van der Waals surface area contributed by atoms with Crippen molar-refractivity contribution in [2.24, 2.45) is 18.9 Å². The number of aryl methyl sites for hydroxylation is 1. The van der Waals surface area contributed by atoms with Crippen LogP contribution in [0.2, 0.25) is 0 Å². The Hall–Kier alpha value is -2.37. The molecular weight excluding hydrogens is 364 g/mol. The second-order valence-corrected chi connectivity index (χ2v) is 9.61. The second-order valence-electron chi connectivity index (χ2n) is 9.61. The Bertz CT molecular complexity index is 992. The monoisotopic (exact) mass is 392 g/mol. The first-order valence-electron chi connectivity index (χ1n) is 11.1. The van der Waals surface area contributed by atoms with Crippen LogP contribution in [0.25, 0.3) is 10.9 Å². The molecule has 2 aromatic heterocycles. The van der Waals surface area contributed by atoms with Crippen LogP contribution in [0, 0.1) is 11.8 Å². The van der Waals surface area contributed by atoms with Crippen molar-refractivity contribution in [1.29, 1.82) is 0 Å². The van der Waals surface area contributed by atoms with Crippen molar-refractivity contribution in [2.45, 2.75) is 56.5 Å². The Morgan fingerprint density at radius 2 is 1.97 bits per heavy atom. The van der Waals surface area contributed by atoms with Gasteiger partial charge < -0.3 is 14.4 Å². The summed E-state index contributed by atoms with van der Waals surface area (Å²) in [5.74, 6) is 2.29. The standard InChI is InChI=1S/C23H28N4O2/c1-25-7-6-15-10-24-11-19(22(15)25)17-12-26(13-17)23(29)20-4-3-18-9-16-8-14(16)2-5-21(28)27(18)20/h6-7,10-11,14,16-18,20H,2-5,8-9,12-13H2,1H3/t14-,16+,18+,20-/m0/s1. The van der Waals surface area contributed by atoms with E-state index in [1.807, 2.05) is 22.2 Å². The number of hydrogen-bond acceptors (Lipinski definition) is 3. The van der Waals surface area contributed by atoms with Gasteiger partial charge in [0.2, 0.25) is 11.8 Å². The lowest BCUT2D eigenvalue weighted by atomic mass is 9.90. The first kappa shape index (κ1) is 17.5. The van der Waals surface area contributed by atoms with E-state index < -0.39 is 0 Å². The molecule has 0 spiro atoms. The minimum absolute atomic E-state index is 0.164. The van der Waals surface area contributed by atoms with Crippen LogP contribution < -0.4 is 0 Å². The summed E-state index contributed by atoms with van der Waals surface area (Å²) in [7, 11) is 2.06. The highest BCUT2D eigenvalue weighted by atomic mass is 16.2. The van der Waals surface area contributed by atoms with Crippen molar-refractivity contribution in [1.82, 2.24) is 19.4 Å². The fourth-order valence-corrected chi connectivity index (χ4v) is 6.12. The smallest absolute Gasteiger partial charge is 0.245 e. The zero-order valence-electron chi connectivity index (χ0n) is 17.0. The molecule has 4 atom stereocenters. The average Bonchev–Trinajstić information content (AvgIpc) is 3.07. The van der Waals surface area contributed by atoms with Crippen LogP contribution in [-0.4, -0.2) is 56.3 Å². The summed E-state index contributed by atoms with van der Waals surface area (Å²) in [6, 6.07) is 2.15. The average molecular weight is 393 g/mol. The van der Waals surface area contributed by atoms with E-state index in [-0.39, 0.29) is 17.9 Å². The van der Waals surface area contributed by atoms with E-state index in [4.69, 9.17) is 0 Å². The summed E-state index contributed by atoms with van der Waals surface area (Å²) in [4.78, 5) is 34.5. The summed E-state index contributed by atoms with van der Waals surface area (Å²) in [6.07, 6.45) is 11.8. The van der Waals surface area contributed by atoms with Gasteiger partial charge in [-0.25, -0.2) is 0 Å². The normalized spacial score (nSPS) is 31.8. The molecule has 4 fully saturated rings. The molecule has 0 bridgehead atoms. The first-order chi connectivity index (χ1) is 14.1. The number of hydrogen-bond donors (Lipinski definition) is 0. The number of fused-ring (bicyclic) bond motifs is 3. The van der Waals surface area contributed by atoms with Crippen LogP contribution in [0.3, 0.4) is 0 Å². The lowest BCUT2D eigenvalue weighted by Crippen LogP contribution is -2.56. The first-order valence-corrected chi connectivity index (χ1v) is 11.1. The fraction of sp³-hybridized carbons (Fsp3) is 0.609. The van der Waals surface area contributed by atoms with Crippen LogP contribution in [0.1, 0.15) is 50.0 Å². The van der Waals surface area contributed by atoms with Crippen molar-refractivity contribution in [3.8, 4) is 0 Å². The van der Waals surface area contributed by atoms with E-state index in [1.54, 1.807) is 0 Å². The van der Waals surface area contributed by atoms with Gasteiger partial charge in [0.15, 0.2) is 0 Å². The predicted molar refractivity (Wildman–Crippen MR) is 109 cm³/mol. The molecule has 5 heterocycles. The Morgan fingerprint density at radius 1 is 1.10 bits per heavy atom. The predicted octanol–water partition coefficient (Wildman–Crippen LogP) is 2.68.